The first-order valence-corrected chi connectivity index (χ1v) is 16.6. The Balaban J connectivity index is 1.53. The van der Waals surface area contributed by atoms with Crippen LogP contribution in [0.3, 0.4) is 0 Å². The second kappa shape index (κ2) is 14.3. The minimum Gasteiger partial charge on any atom is -0.493 e. The molecule has 0 bridgehead atoms. The highest BCUT2D eigenvalue weighted by molar-refractivity contribution is 7.54. The van der Waals surface area contributed by atoms with Crippen molar-refractivity contribution < 1.29 is 27.5 Å². The van der Waals surface area contributed by atoms with Gasteiger partial charge in [-0.25, -0.2) is 9.37 Å². The van der Waals surface area contributed by atoms with Gasteiger partial charge >= 0.3 is 7.60 Å². The quantitative estimate of drug-likeness (QED) is 0.128. The van der Waals surface area contributed by atoms with Crippen molar-refractivity contribution >= 4 is 24.2 Å². The number of rotatable bonds is 13. The zero-order valence-electron chi connectivity index (χ0n) is 26.5. The van der Waals surface area contributed by atoms with Crippen LogP contribution in [0.15, 0.2) is 89.7 Å². The van der Waals surface area contributed by atoms with Crippen LogP contribution in [0.4, 0.5) is 10.1 Å². The number of hydrogen-bond acceptors (Lipinski definition) is 8. The third-order valence-corrected chi connectivity index (χ3v) is 9.71. The van der Waals surface area contributed by atoms with E-state index in [0.29, 0.717) is 39.5 Å². The Morgan fingerprint density at radius 2 is 1.63 bits per heavy atom. The maximum absolute atomic E-state index is 14.2. The van der Waals surface area contributed by atoms with Crippen molar-refractivity contribution in [1.82, 2.24) is 9.55 Å². The number of hydrogen-bond donors (Lipinski definition) is 1. The molecule has 0 aliphatic carbocycles. The van der Waals surface area contributed by atoms with Gasteiger partial charge in [-0.05, 0) is 99.0 Å². The molecule has 0 fully saturated rings. The zero-order valence-corrected chi connectivity index (χ0v) is 27.3. The molecule has 0 saturated carbocycles. The second-order valence-corrected chi connectivity index (χ2v) is 12.7. The Morgan fingerprint density at radius 3 is 2.33 bits per heavy atom. The van der Waals surface area contributed by atoms with Gasteiger partial charge in [-0.1, -0.05) is 30.3 Å². The van der Waals surface area contributed by atoms with E-state index in [1.54, 1.807) is 56.3 Å². The summed E-state index contributed by atoms with van der Waals surface area (Å²) in [5, 5.41) is 3.84. The number of fused-ring (bicyclic) bond motifs is 1. The fourth-order valence-corrected chi connectivity index (χ4v) is 7.09. The van der Waals surface area contributed by atoms with E-state index in [2.05, 4.69) is 5.32 Å². The number of aromatic nitrogens is 2. The van der Waals surface area contributed by atoms with E-state index in [4.69, 9.17) is 23.5 Å². The predicted octanol–water partition coefficient (Wildman–Crippen LogP) is 8.11. The lowest BCUT2D eigenvalue weighted by molar-refractivity contribution is 0.214. The van der Waals surface area contributed by atoms with E-state index in [0.717, 1.165) is 16.8 Å². The third kappa shape index (κ3) is 6.99. The molecule has 0 radical (unpaired) electrons. The SMILES string of the molecule is CCOP(=O)(OCC)C(Nc1cc(C)ccc1C)c1ccc(OCc2nc3ccccc3c(=O)n2-c2ccc(F)cc2)c(OC)c1. The molecule has 1 N–H and O–H groups in total. The van der Waals surface area contributed by atoms with E-state index in [9.17, 15) is 13.8 Å². The number of ether oxygens (including phenoxy) is 2. The normalized spacial score (nSPS) is 12.2. The number of nitrogens with zero attached hydrogens (tertiary/aromatic N) is 2. The van der Waals surface area contributed by atoms with Crippen LogP contribution in [0.1, 0.15) is 42.1 Å². The largest absolute Gasteiger partial charge is 0.493 e. The van der Waals surface area contributed by atoms with Gasteiger partial charge in [-0.2, -0.15) is 0 Å². The maximum atomic E-state index is 14.2. The number of benzene rings is 4. The predicted molar refractivity (Wildman–Crippen MR) is 178 cm³/mol. The summed E-state index contributed by atoms with van der Waals surface area (Å²) in [5.74, 6) is -0.236. The highest BCUT2D eigenvalue weighted by atomic mass is 31.2. The fourth-order valence-electron chi connectivity index (χ4n) is 5.18. The first-order valence-electron chi connectivity index (χ1n) is 15.0. The Labute approximate surface area is 267 Å². The number of halogens is 1. The van der Waals surface area contributed by atoms with Crippen molar-refractivity contribution in [3.8, 4) is 17.2 Å². The highest BCUT2D eigenvalue weighted by Crippen LogP contribution is 2.61. The molecule has 5 aromatic rings. The van der Waals surface area contributed by atoms with Gasteiger partial charge in [0, 0.05) is 5.69 Å². The first kappa shape index (κ1) is 32.9. The molecule has 0 amide bonds. The van der Waals surface area contributed by atoms with Gasteiger partial charge in [0.15, 0.2) is 23.1 Å². The lowest BCUT2D eigenvalue weighted by atomic mass is 10.1. The Hall–Kier alpha value is -4.50. The molecule has 240 valence electrons. The number of para-hydroxylation sites is 1. The van der Waals surface area contributed by atoms with Gasteiger partial charge in [0.1, 0.15) is 12.4 Å². The molecule has 0 aliphatic heterocycles. The molecule has 0 spiro atoms. The van der Waals surface area contributed by atoms with Crippen LogP contribution in [-0.2, 0) is 20.2 Å². The summed E-state index contributed by atoms with van der Waals surface area (Å²) in [6.45, 7) is 7.77. The topological polar surface area (TPSA) is 101 Å². The van der Waals surface area contributed by atoms with Crippen molar-refractivity contribution in [2.24, 2.45) is 0 Å². The zero-order chi connectivity index (χ0) is 32.8. The summed E-state index contributed by atoms with van der Waals surface area (Å²) >= 11 is 0. The summed E-state index contributed by atoms with van der Waals surface area (Å²) in [7, 11) is -2.21. The van der Waals surface area contributed by atoms with Crippen molar-refractivity contribution in [2.45, 2.75) is 40.1 Å². The van der Waals surface area contributed by atoms with Crippen LogP contribution in [0.2, 0.25) is 0 Å². The number of methoxy groups -OCH3 is 1. The number of anilines is 1. The fraction of sp³-hybridized carbons (Fsp3) is 0.257. The Kier molecular flexibility index (Phi) is 10.2. The highest BCUT2D eigenvalue weighted by Gasteiger charge is 2.38. The van der Waals surface area contributed by atoms with E-state index in [1.807, 2.05) is 32.0 Å². The van der Waals surface area contributed by atoms with Gasteiger partial charge in [0.2, 0.25) is 0 Å². The third-order valence-electron chi connectivity index (χ3n) is 7.41. The number of nitrogens with one attached hydrogen (secondary N) is 1. The maximum Gasteiger partial charge on any atom is 0.357 e. The molecule has 4 aromatic carbocycles. The minimum atomic E-state index is -3.72. The van der Waals surface area contributed by atoms with Crippen molar-refractivity contribution in [2.75, 3.05) is 25.6 Å². The molecular weight excluding hydrogens is 608 g/mol. The lowest BCUT2D eigenvalue weighted by Crippen LogP contribution is -2.25. The van der Waals surface area contributed by atoms with Gasteiger partial charge in [-0.3, -0.25) is 13.9 Å². The summed E-state index contributed by atoms with van der Waals surface area (Å²) in [5.41, 5.74) is 4.06. The van der Waals surface area contributed by atoms with Crippen molar-refractivity contribution in [1.29, 1.82) is 0 Å². The molecule has 1 atom stereocenters. The molecule has 11 heteroatoms. The molecule has 1 heterocycles. The monoisotopic (exact) mass is 645 g/mol. The van der Waals surface area contributed by atoms with E-state index >= 15 is 0 Å². The number of aryl methyl sites for hydroxylation is 2. The molecule has 5 rings (SSSR count). The Bertz CT molecular complexity index is 1940. The van der Waals surface area contributed by atoms with Crippen molar-refractivity contribution in [3.63, 3.8) is 0 Å². The first-order chi connectivity index (χ1) is 22.2. The van der Waals surface area contributed by atoms with Crippen LogP contribution in [0, 0.1) is 19.7 Å². The molecule has 1 aromatic heterocycles. The summed E-state index contributed by atoms with van der Waals surface area (Å²) in [4.78, 5) is 18.3. The summed E-state index contributed by atoms with van der Waals surface area (Å²) in [6.07, 6.45) is 0. The lowest BCUT2D eigenvalue weighted by Gasteiger charge is -2.29. The smallest absolute Gasteiger partial charge is 0.357 e. The molecule has 0 aliphatic rings. The molecule has 1 unspecified atom stereocenters. The summed E-state index contributed by atoms with van der Waals surface area (Å²) in [6, 6.07) is 23.8. The van der Waals surface area contributed by atoms with Gasteiger partial charge in [-0.15, -0.1) is 0 Å². The van der Waals surface area contributed by atoms with Gasteiger partial charge < -0.3 is 23.8 Å². The molecular formula is C35H37FN3O6P. The van der Waals surface area contributed by atoms with Crippen LogP contribution >= 0.6 is 7.60 Å². The van der Waals surface area contributed by atoms with E-state index < -0.39 is 19.2 Å². The molecule has 46 heavy (non-hydrogen) atoms. The van der Waals surface area contributed by atoms with Crippen LogP contribution in [0.5, 0.6) is 11.5 Å². The average molecular weight is 646 g/mol. The van der Waals surface area contributed by atoms with Crippen LogP contribution in [-0.4, -0.2) is 29.9 Å². The van der Waals surface area contributed by atoms with E-state index in [-0.39, 0.29) is 25.4 Å². The molecule has 0 saturated heterocycles. The van der Waals surface area contributed by atoms with Crippen LogP contribution in [0.25, 0.3) is 16.6 Å². The molecule has 9 nitrogen and oxygen atoms in total. The van der Waals surface area contributed by atoms with Crippen molar-refractivity contribution in [3.05, 3.63) is 124 Å². The summed E-state index contributed by atoms with van der Waals surface area (Å²) < 4.78 is 52.8. The second-order valence-electron chi connectivity index (χ2n) is 10.6. The Morgan fingerprint density at radius 1 is 0.913 bits per heavy atom. The van der Waals surface area contributed by atoms with Crippen LogP contribution < -0.4 is 20.3 Å². The average Bonchev–Trinajstić information content (AvgIpc) is 3.05. The standard InChI is InChI=1S/C35H37FN3O6P/c1-6-44-46(41,45-7-2)34(38-30-20-23(3)12-13-24(30)4)25-14-19-31(32(21-25)42-5)43-22-33-37-29-11-9-8-10-28(29)35(40)39(33)27-17-15-26(36)16-18-27/h8-21,34,38H,6-7,22H2,1-5H3. The van der Waals surface area contributed by atoms with Gasteiger partial charge in [0.05, 0.1) is 36.9 Å². The minimum absolute atomic E-state index is 0.103. The van der Waals surface area contributed by atoms with E-state index in [1.165, 1.54) is 35.9 Å². The van der Waals surface area contributed by atoms with Gasteiger partial charge in [0.25, 0.3) is 5.56 Å².